The van der Waals surface area contributed by atoms with Gasteiger partial charge in [0.25, 0.3) is 0 Å². The normalized spacial score (nSPS) is 23.5. The number of ketones is 2. The lowest BCUT2D eigenvalue weighted by atomic mass is 9.66. The van der Waals surface area contributed by atoms with Gasteiger partial charge in [0.2, 0.25) is 0 Å². The fourth-order valence-electron chi connectivity index (χ4n) is 8.38. The smallest absolute Gasteiger partial charge is 0.198 e. The molecule has 0 amide bonds. The van der Waals surface area contributed by atoms with Gasteiger partial charge in [-0.15, -0.1) is 0 Å². The molecule has 3 atom stereocenters. The van der Waals surface area contributed by atoms with Gasteiger partial charge in [0.05, 0.1) is 16.6 Å². The van der Waals surface area contributed by atoms with E-state index in [0.717, 1.165) is 52.3 Å². The molecular formula is C40H30N2O2. The van der Waals surface area contributed by atoms with E-state index in [2.05, 4.69) is 83.8 Å². The van der Waals surface area contributed by atoms with Gasteiger partial charge in [-0.25, -0.2) is 0 Å². The van der Waals surface area contributed by atoms with E-state index in [4.69, 9.17) is 4.99 Å². The van der Waals surface area contributed by atoms with Crippen molar-refractivity contribution in [1.82, 2.24) is 0 Å². The zero-order valence-electron chi connectivity index (χ0n) is 24.2. The van der Waals surface area contributed by atoms with E-state index < -0.39 is 5.66 Å². The van der Waals surface area contributed by atoms with Crippen LogP contribution < -0.4 is 15.5 Å². The Morgan fingerprint density at radius 3 is 2.07 bits per heavy atom. The van der Waals surface area contributed by atoms with Crippen LogP contribution in [0.1, 0.15) is 63.4 Å². The Bertz CT molecular complexity index is 2150. The van der Waals surface area contributed by atoms with Gasteiger partial charge in [0, 0.05) is 34.0 Å². The highest BCUT2D eigenvalue weighted by Gasteiger charge is 2.55. The third-order valence-electron chi connectivity index (χ3n) is 10.2. The maximum absolute atomic E-state index is 13.8. The minimum absolute atomic E-state index is 0.197. The first-order valence-corrected chi connectivity index (χ1v) is 15.6. The number of anilines is 1. The zero-order valence-corrected chi connectivity index (χ0v) is 24.2. The van der Waals surface area contributed by atoms with Crippen molar-refractivity contribution in [2.24, 2.45) is 10.9 Å². The Morgan fingerprint density at radius 1 is 0.705 bits per heavy atom. The van der Waals surface area contributed by atoms with E-state index in [9.17, 15) is 9.59 Å². The second-order valence-corrected chi connectivity index (χ2v) is 12.4. The van der Waals surface area contributed by atoms with Crippen molar-refractivity contribution < 1.29 is 9.59 Å². The first-order valence-electron chi connectivity index (χ1n) is 15.6. The molecule has 0 N–H and O–H groups in total. The molecule has 1 fully saturated rings. The maximum atomic E-state index is 13.8. The minimum atomic E-state index is -0.459. The number of hydrogen-bond donors (Lipinski definition) is 0. The number of Topliss-reactive ketones (excluding diaryl/α,β-unsaturated/α-hetero) is 2. The van der Waals surface area contributed by atoms with E-state index in [1.807, 2.05) is 30.3 Å². The summed E-state index contributed by atoms with van der Waals surface area (Å²) < 4.78 is 0. The van der Waals surface area contributed by atoms with Crippen LogP contribution in [0.5, 0.6) is 0 Å². The van der Waals surface area contributed by atoms with Crippen molar-refractivity contribution in [3.05, 3.63) is 154 Å². The first-order chi connectivity index (χ1) is 21.7. The Balaban J connectivity index is 1.38. The summed E-state index contributed by atoms with van der Waals surface area (Å²) in [5.74, 6) is 0.107. The van der Waals surface area contributed by atoms with Crippen molar-refractivity contribution in [1.29, 1.82) is 0 Å². The number of nitrogens with zero attached hydrogens (tertiary/aromatic N) is 2. The van der Waals surface area contributed by atoms with Crippen LogP contribution in [0.25, 0.3) is 22.0 Å². The van der Waals surface area contributed by atoms with Gasteiger partial charge in [-0.2, -0.15) is 0 Å². The molecule has 1 saturated carbocycles. The van der Waals surface area contributed by atoms with Crippen molar-refractivity contribution in [3.8, 4) is 0 Å². The molecule has 3 unspecified atom stereocenters. The lowest BCUT2D eigenvalue weighted by molar-refractivity contribution is 0.102. The summed E-state index contributed by atoms with van der Waals surface area (Å²) in [4.78, 5) is 35.9. The van der Waals surface area contributed by atoms with Gasteiger partial charge < -0.3 is 4.90 Å². The van der Waals surface area contributed by atoms with Gasteiger partial charge in [0.1, 0.15) is 5.66 Å². The van der Waals surface area contributed by atoms with E-state index in [0.29, 0.717) is 16.3 Å². The van der Waals surface area contributed by atoms with Crippen LogP contribution in [0.2, 0.25) is 0 Å². The molecule has 2 aliphatic carbocycles. The number of carbonyl (C=O) groups excluding carboxylic acids is 2. The number of rotatable bonds is 2. The van der Waals surface area contributed by atoms with E-state index in [1.165, 1.54) is 12.0 Å². The number of hydrogen-bond acceptors (Lipinski definition) is 4. The molecule has 1 spiro atoms. The van der Waals surface area contributed by atoms with Crippen LogP contribution in [0.15, 0.2) is 126 Å². The predicted molar refractivity (Wildman–Crippen MR) is 174 cm³/mol. The summed E-state index contributed by atoms with van der Waals surface area (Å²) in [5, 5.41) is 3.54. The average molecular weight is 571 g/mol. The quantitative estimate of drug-likeness (QED) is 0.225. The molecule has 2 heterocycles. The topological polar surface area (TPSA) is 49.7 Å². The summed E-state index contributed by atoms with van der Waals surface area (Å²) in [6.45, 7) is 0. The van der Waals surface area contributed by atoms with Gasteiger partial charge in [0.15, 0.2) is 11.6 Å². The fourth-order valence-corrected chi connectivity index (χ4v) is 8.38. The monoisotopic (exact) mass is 570 g/mol. The van der Waals surface area contributed by atoms with E-state index >= 15 is 0 Å². The number of benzene rings is 5. The van der Waals surface area contributed by atoms with Crippen molar-refractivity contribution in [3.63, 3.8) is 0 Å². The molecule has 0 radical (unpaired) electrons. The summed E-state index contributed by atoms with van der Waals surface area (Å²) in [7, 11) is 0. The Labute approximate surface area is 255 Å². The third-order valence-corrected chi connectivity index (χ3v) is 10.2. The highest BCUT2D eigenvalue weighted by molar-refractivity contribution is 6.56. The Hall–Kier alpha value is -5.09. The van der Waals surface area contributed by atoms with Crippen molar-refractivity contribution >= 4 is 39.3 Å². The van der Waals surface area contributed by atoms with Crippen LogP contribution in [0, 0.1) is 5.92 Å². The van der Waals surface area contributed by atoms with Gasteiger partial charge in [-0.3, -0.25) is 14.6 Å². The Morgan fingerprint density at radius 2 is 1.34 bits per heavy atom. The summed E-state index contributed by atoms with van der Waals surface area (Å²) in [5.41, 5.74) is 5.35. The third kappa shape index (κ3) is 3.42. The van der Waals surface area contributed by atoms with Gasteiger partial charge in [-0.1, -0.05) is 122 Å². The molecule has 212 valence electrons. The average Bonchev–Trinajstić information content (AvgIpc) is 3.55. The van der Waals surface area contributed by atoms with Gasteiger partial charge in [-0.05, 0) is 47.1 Å². The fraction of sp³-hybridized carbons (Fsp3) is 0.175. The van der Waals surface area contributed by atoms with Gasteiger partial charge >= 0.3 is 0 Å². The number of carbonyl (C=O) groups is 2. The molecule has 44 heavy (non-hydrogen) atoms. The molecular weight excluding hydrogens is 540 g/mol. The standard InChI is InChI=1S/C40H30N2O2/c43-38-29-19-9-10-20-30(29)39(44)36(38)32-24-35-37(28-18-8-7-17-27(28)32)41-40-22-12-11-21-33(40)31(25-13-3-1-4-14-25)23-34(42(35)40)26-15-5-2-6-16-26/h1-10,13-20,23-24,31,33H,11-12,21-22H2. The summed E-state index contributed by atoms with van der Waals surface area (Å²) in [6.07, 6.45) is 6.76. The van der Waals surface area contributed by atoms with E-state index in [1.54, 1.807) is 12.1 Å². The van der Waals surface area contributed by atoms with Crippen LogP contribution in [0.4, 0.5) is 5.69 Å². The molecule has 9 rings (SSSR count). The van der Waals surface area contributed by atoms with Crippen LogP contribution in [0.3, 0.4) is 0 Å². The van der Waals surface area contributed by atoms with Crippen LogP contribution in [-0.4, -0.2) is 17.2 Å². The SMILES string of the molecule is O=C1C(=c2cc3c(c4ccccc24)=NC24CCCCC2C(c2ccccc2)C=C(c2ccccc2)N34)C(=O)c2ccccc21. The predicted octanol–water partition coefficient (Wildman–Crippen LogP) is 7.23. The molecule has 0 bridgehead atoms. The zero-order chi connectivity index (χ0) is 29.4. The second kappa shape index (κ2) is 9.45. The lowest BCUT2D eigenvalue weighted by Crippen LogP contribution is -2.55. The van der Waals surface area contributed by atoms with Crippen molar-refractivity contribution in [2.45, 2.75) is 37.3 Å². The van der Waals surface area contributed by atoms with E-state index in [-0.39, 0.29) is 29.0 Å². The highest BCUT2D eigenvalue weighted by Crippen LogP contribution is 2.56. The molecule has 4 nitrogen and oxygen atoms in total. The van der Waals surface area contributed by atoms with Crippen LogP contribution >= 0.6 is 0 Å². The molecule has 0 saturated heterocycles. The first kappa shape index (κ1) is 25.4. The van der Waals surface area contributed by atoms with Crippen LogP contribution in [-0.2, 0) is 0 Å². The number of allylic oxidation sites excluding steroid dienone is 1. The molecule has 5 aromatic carbocycles. The summed E-state index contributed by atoms with van der Waals surface area (Å²) in [6, 6.07) is 38.9. The largest absolute Gasteiger partial charge is 0.314 e. The molecule has 4 heteroatoms. The minimum Gasteiger partial charge on any atom is -0.314 e. The number of fused-ring (bicyclic) bond motifs is 5. The maximum Gasteiger partial charge on any atom is 0.198 e. The Kier molecular flexibility index (Phi) is 5.46. The molecule has 0 aromatic heterocycles. The summed E-state index contributed by atoms with van der Waals surface area (Å²) >= 11 is 0. The highest BCUT2D eigenvalue weighted by atomic mass is 16.2. The van der Waals surface area contributed by atoms with Crippen molar-refractivity contribution in [2.75, 3.05) is 4.90 Å². The second-order valence-electron chi connectivity index (χ2n) is 12.4. The molecule has 2 aliphatic heterocycles. The molecule has 5 aromatic rings. The molecule has 4 aliphatic rings. The lowest BCUT2D eigenvalue weighted by Gasteiger charge is -2.53.